The molecule has 2 aliphatic rings. The van der Waals surface area contributed by atoms with E-state index in [2.05, 4.69) is 24.8 Å². The van der Waals surface area contributed by atoms with Crippen LogP contribution in [0.3, 0.4) is 0 Å². The molecular weight excluding hydrogens is 301 g/mol. The molecule has 0 bridgehead atoms. The van der Waals surface area contributed by atoms with E-state index in [1.165, 1.54) is 29.6 Å². The number of nitrogens with zero attached hydrogens (tertiary/aromatic N) is 1. The van der Waals surface area contributed by atoms with Gasteiger partial charge in [-0.05, 0) is 81.1 Å². The largest absolute Gasteiger partial charge is 0.489 e. The molecule has 0 amide bonds. The molecule has 1 fully saturated rings. The Hall–Kier alpha value is -1.87. The van der Waals surface area contributed by atoms with E-state index in [4.69, 9.17) is 4.74 Å². The summed E-state index contributed by atoms with van der Waals surface area (Å²) in [6.07, 6.45) is 4.66. The molecule has 0 saturated carbocycles. The van der Waals surface area contributed by atoms with Gasteiger partial charge >= 0.3 is 0 Å². The SMILES string of the molecule is C/C=C1\C(=C(C)C)OCC(CN2CCCC2)=C1c1ccc(F)cc1. The first kappa shape index (κ1) is 17.0. The van der Waals surface area contributed by atoms with Gasteiger partial charge in [0, 0.05) is 12.1 Å². The van der Waals surface area contributed by atoms with Crippen molar-refractivity contribution in [3.63, 3.8) is 0 Å². The van der Waals surface area contributed by atoms with Gasteiger partial charge in [0.2, 0.25) is 0 Å². The van der Waals surface area contributed by atoms with E-state index in [0.717, 1.165) is 36.5 Å². The number of ether oxygens (including phenoxy) is 1. The normalized spacial score (nSPS) is 20.7. The van der Waals surface area contributed by atoms with Crippen LogP contribution in [0.5, 0.6) is 0 Å². The highest BCUT2D eigenvalue weighted by atomic mass is 19.1. The fraction of sp³-hybridized carbons (Fsp3) is 0.429. The van der Waals surface area contributed by atoms with Crippen molar-refractivity contribution in [3.8, 4) is 0 Å². The highest BCUT2D eigenvalue weighted by molar-refractivity contribution is 5.86. The molecule has 2 heterocycles. The Balaban J connectivity index is 2.08. The average molecular weight is 327 g/mol. The zero-order chi connectivity index (χ0) is 17.1. The van der Waals surface area contributed by atoms with Crippen molar-refractivity contribution in [2.75, 3.05) is 26.2 Å². The molecule has 2 aliphatic heterocycles. The first-order chi connectivity index (χ1) is 11.6. The van der Waals surface area contributed by atoms with Gasteiger partial charge < -0.3 is 4.74 Å². The second kappa shape index (κ2) is 7.35. The molecule has 3 heteroatoms. The first-order valence-corrected chi connectivity index (χ1v) is 8.77. The Kier molecular flexibility index (Phi) is 5.20. The molecule has 2 nitrogen and oxygen atoms in total. The average Bonchev–Trinajstić information content (AvgIpc) is 3.08. The molecule has 0 radical (unpaired) electrons. The molecule has 3 rings (SSSR count). The van der Waals surface area contributed by atoms with E-state index < -0.39 is 0 Å². The molecule has 1 saturated heterocycles. The monoisotopic (exact) mass is 327 g/mol. The van der Waals surface area contributed by atoms with Gasteiger partial charge in [-0.3, -0.25) is 4.90 Å². The maximum Gasteiger partial charge on any atom is 0.125 e. The minimum atomic E-state index is -0.197. The third kappa shape index (κ3) is 3.46. The summed E-state index contributed by atoms with van der Waals surface area (Å²) < 4.78 is 19.5. The van der Waals surface area contributed by atoms with Gasteiger partial charge in [0.25, 0.3) is 0 Å². The third-order valence-corrected chi connectivity index (χ3v) is 4.75. The number of halogens is 1. The Morgan fingerprint density at radius 3 is 2.42 bits per heavy atom. The Morgan fingerprint density at radius 2 is 1.83 bits per heavy atom. The van der Waals surface area contributed by atoms with Crippen LogP contribution in [0.4, 0.5) is 4.39 Å². The van der Waals surface area contributed by atoms with Gasteiger partial charge in [-0.25, -0.2) is 4.39 Å². The van der Waals surface area contributed by atoms with Gasteiger partial charge in [0.1, 0.15) is 18.2 Å². The van der Waals surface area contributed by atoms with Crippen molar-refractivity contribution in [3.05, 3.63) is 64.2 Å². The maximum absolute atomic E-state index is 13.4. The van der Waals surface area contributed by atoms with E-state index in [-0.39, 0.29) is 5.82 Å². The molecule has 0 aliphatic carbocycles. The van der Waals surface area contributed by atoms with Crippen LogP contribution in [-0.2, 0) is 4.74 Å². The van der Waals surface area contributed by atoms with E-state index in [1.807, 2.05) is 19.1 Å². The minimum absolute atomic E-state index is 0.197. The quantitative estimate of drug-likeness (QED) is 0.779. The summed E-state index contributed by atoms with van der Waals surface area (Å²) in [7, 11) is 0. The summed E-state index contributed by atoms with van der Waals surface area (Å²) in [5.41, 5.74) is 5.87. The summed E-state index contributed by atoms with van der Waals surface area (Å²) in [5, 5.41) is 0. The number of allylic oxidation sites excluding steroid dienone is 3. The van der Waals surface area contributed by atoms with Gasteiger partial charge in [-0.1, -0.05) is 18.2 Å². The van der Waals surface area contributed by atoms with E-state index in [0.29, 0.717) is 6.61 Å². The molecule has 0 unspecified atom stereocenters. The molecule has 0 atom stereocenters. The standard InChI is InChI=1S/C21H26FNO/c1-4-19-20(16-7-9-18(22)10-8-16)17(13-23-11-5-6-12-23)14-24-21(19)15(2)3/h4,7-10H,5-6,11-14H2,1-3H3/b19-4-. The zero-order valence-corrected chi connectivity index (χ0v) is 14.9. The summed E-state index contributed by atoms with van der Waals surface area (Å²) in [4.78, 5) is 2.49. The molecule has 24 heavy (non-hydrogen) atoms. The lowest BCUT2D eigenvalue weighted by Crippen LogP contribution is -2.26. The maximum atomic E-state index is 13.4. The van der Waals surface area contributed by atoms with Crippen LogP contribution in [0.15, 0.2) is 52.8 Å². The van der Waals surface area contributed by atoms with Crippen molar-refractivity contribution in [2.45, 2.75) is 33.6 Å². The van der Waals surface area contributed by atoms with E-state index in [9.17, 15) is 4.39 Å². The smallest absolute Gasteiger partial charge is 0.125 e. The number of hydrogen-bond donors (Lipinski definition) is 0. The van der Waals surface area contributed by atoms with Gasteiger partial charge in [-0.2, -0.15) is 0 Å². The Labute approximate surface area is 144 Å². The fourth-order valence-electron chi connectivity index (χ4n) is 3.61. The highest BCUT2D eigenvalue weighted by Crippen LogP contribution is 2.38. The second-order valence-corrected chi connectivity index (χ2v) is 6.79. The lowest BCUT2D eigenvalue weighted by atomic mass is 9.88. The van der Waals surface area contributed by atoms with E-state index >= 15 is 0 Å². The van der Waals surface area contributed by atoms with Crippen molar-refractivity contribution >= 4 is 5.57 Å². The van der Waals surface area contributed by atoms with E-state index in [1.54, 1.807) is 12.1 Å². The third-order valence-electron chi connectivity index (χ3n) is 4.75. The number of hydrogen-bond acceptors (Lipinski definition) is 2. The number of rotatable bonds is 3. The van der Waals surface area contributed by atoms with Gasteiger partial charge in [-0.15, -0.1) is 0 Å². The minimum Gasteiger partial charge on any atom is -0.489 e. The fourth-order valence-corrected chi connectivity index (χ4v) is 3.61. The second-order valence-electron chi connectivity index (χ2n) is 6.79. The molecule has 0 spiro atoms. The zero-order valence-electron chi connectivity index (χ0n) is 14.9. The van der Waals surface area contributed by atoms with Crippen LogP contribution >= 0.6 is 0 Å². The van der Waals surface area contributed by atoms with Crippen molar-refractivity contribution in [1.82, 2.24) is 4.90 Å². The topological polar surface area (TPSA) is 12.5 Å². The molecule has 1 aromatic carbocycles. The molecular formula is C21H26FNO. The highest BCUT2D eigenvalue weighted by Gasteiger charge is 2.26. The predicted octanol–water partition coefficient (Wildman–Crippen LogP) is 4.95. The summed E-state index contributed by atoms with van der Waals surface area (Å²) in [5.74, 6) is 0.763. The Morgan fingerprint density at radius 1 is 1.17 bits per heavy atom. The summed E-state index contributed by atoms with van der Waals surface area (Å²) in [6, 6.07) is 6.85. The van der Waals surface area contributed by atoms with Crippen LogP contribution in [0, 0.1) is 5.82 Å². The number of likely N-dealkylation sites (tertiary alicyclic amines) is 1. The molecule has 0 aromatic heterocycles. The van der Waals surface area contributed by atoms with Crippen molar-refractivity contribution in [2.24, 2.45) is 0 Å². The van der Waals surface area contributed by atoms with Gasteiger partial charge in [0.05, 0.1) is 0 Å². The Bertz CT molecular complexity index is 687. The summed E-state index contributed by atoms with van der Waals surface area (Å²) in [6.45, 7) is 10.0. The first-order valence-electron chi connectivity index (χ1n) is 8.77. The van der Waals surface area contributed by atoms with Crippen LogP contribution in [-0.4, -0.2) is 31.1 Å². The van der Waals surface area contributed by atoms with Crippen molar-refractivity contribution < 1.29 is 9.13 Å². The lowest BCUT2D eigenvalue weighted by molar-refractivity contribution is 0.228. The number of benzene rings is 1. The predicted molar refractivity (Wildman–Crippen MR) is 97.1 cm³/mol. The van der Waals surface area contributed by atoms with Crippen molar-refractivity contribution in [1.29, 1.82) is 0 Å². The lowest BCUT2D eigenvalue weighted by Gasteiger charge is -2.30. The van der Waals surface area contributed by atoms with Crippen LogP contribution in [0.25, 0.3) is 5.57 Å². The molecule has 128 valence electrons. The summed E-state index contributed by atoms with van der Waals surface area (Å²) >= 11 is 0. The van der Waals surface area contributed by atoms with Crippen LogP contribution in [0.2, 0.25) is 0 Å². The van der Waals surface area contributed by atoms with Crippen LogP contribution < -0.4 is 0 Å². The van der Waals surface area contributed by atoms with Crippen LogP contribution in [0.1, 0.15) is 39.2 Å². The molecule has 0 N–H and O–H groups in total. The molecule has 1 aromatic rings. The van der Waals surface area contributed by atoms with Gasteiger partial charge in [0.15, 0.2) is 0 Å².